The second kappa shape index (κ2) is 13.7. The molecule has 10 rings (SSSR count). The number of hydrogen-bond donors (Lipinski definition) is 0. The van der Waals surface area contributed by atoms with Crippen LogP contribution < -0.4 is 4.90 Å². The zero-order valence-corrected chi connectivity index (χ0v) is 31.5. The van der Waals surface area contributed by atoms with Crippen LogP contribution in [0.4, 0.5) is 17.1 Å². The van der Waals surface area contributed by atoms with Gasteiger partial charge in [0.2, 0.25) is 0 Å². The van der Waals surface area contributed by atoms with Crippen molar-refractivity contribution < 1.29 is 0 Å². The summed E-state index contributed by atoms with van der Waals surface area (Å²) in [5, 5.41) is 1.13. The molecule has 2 heteroatoms. The van der Waals surface area contributed by atoms with Crippen molar-refractivity contribution in [2.24, 2.45) is 0 Å². The minimum atomic E-state index is -0.108. The highest BCUT2D eigenvalue weighted by molar-refractivity contribution is 5.92. The molecule has 0 atom stereocenters. The first-order valence-electron chi connectivity index (χ1n) is 19.4. The van der Waals surface area contributed by atoms with Crippen LogP contribution in [0.2, 0.25) is 0 Å². The normalized spacial score (nSPS) is 12.6. The van der Waals surface area contributed by atoms with E-state index in [-0.39, 0.29) is 5.41 Å². The molecule has 0 saturated heterocycles. The van der Waals surface area contributed by atoms with Crippen LogP contribution in [-0.2, 0) is 5.41 Å². The van der Waals surface area contributed by atoms with Gasteiger partial charge in [-0.15, -0.1) is 0 Å². The molecule has 1 aliphatic carbocycles. The van der Waals surface area contributed by atoms with E-state index in [0.717, 1.165) is 50.3 Å². The molecular weight excluding hydrogens is 677 g/mol. The van der Waals surface area contributed by atoms with Gasteiger partial charge in [-0.05, 0) is 98.6 Å². The summed E-state index contributed by atoms with van der Waals surface area (Å²) in [5.41, 5.74) is 18.7. The molecule has 0 unspecified atom stereocenters. The summed E-state index contributed by atoms with van der Waals surface area (Å²) < 4.78 is 0. The van der Waals surface area contributed by atoms with Gasteiger partial charge < -0.3 is 4.90 Å². The molecule has 56 heavy (non-hydrogen) atoms. The molecule has 1 heterocycles. The average Bonchev–Trinajstić information content (AvgIpc) is 3.50. The lowest BCUT2D eigenvalue weighted by Gasteiger charge is -2.28. The predicted molar refractivity (Wildman–Crippen MR) is 236 cm³/mol. The van der Waals surface area contributed by atoms with E-state index in [1.165, 1.54) is 44.5 Å². The number of para-hydroxylation sites is 1. The van der Waals surface area contributed by atoms with Gasteiger partial charge in [-0.1, -0.05) is 172 Å². The number of pyridine rings is 1. The Bertz CT molecular complexity index is 2840. The van der Waals surface area contributed by atoms with Crippen molar-refractivity contribution in [2.75, 3.05) is 4.90 Å². The van der Waals surface area contributed by atoms with Crippen LogP contribution in [0.1, 0.15) is 25.0 Å². The second-order valence-corrected chi connectivity index (χ2v) is 15.2. The monoisotopic (exact) mass is 716 g/mol. The molecule has 9 aromatic rings. The van der Waals surface area contributed by atoms with Crippen LogP contribution in [0.25, 0.3) is 66.7 Å². The van der Waals surface area contributed by atoms with E-state index in [9.17, 15) is 0 Å². The lowest BCUT2D eigenvalue weighted by atomic mass is 9.82. The maximum absolute atomic E-state index is 5.24. The van der Waals surface area contributed by atoms with Crippen LogP contribution >= 0.6 is 0 Å². The van der Waals surface area contributed by atoms with Crippen LogP contribution in [0.3, 0.4) is 0 Å². The van der Waals surface area contributed by atoms with Crippen molar-refractivity contribution >= 4 is 28.0 Å². The number of rotatable bonds is 7. The van der Waals surface area contributed by atoms with E-state index >= 15 is 0 Å². The first-order valence-corrected chi connectivity index (χ1v) is 19.4. The highest BCUT2D eigenvalue weighted by Gasteiger charge is 2.35. The lowest BCUT2D eigenvalue weighted by molar-refractivity contribution is 0.660. The highest BCUT2D eigenvalue weighted by atomic mass is 15.1. The summed E-state index contributed by atoms with van der Waals surface area (Å²) in [6, 6.07) is 74.4. The minimum Gasteiger partial charge on any atom is -0.310 e. The van der Waals surface area contributed by atoms with Gasteiger partial charge in [0.25, 0.3) is 0 Å². The first kappa shape index (κ1) is 33.5. The molecule has 1 aliphatic rings. The summed E-state index contributed by atoms with van der Waals surface area (Å²) in [7, 11) is 0. The van der Waals surface area contributed by atoms with Crippen LogP contribution in [0.5, 0.6) is 0 Å². The van der Waals surface area contributed by atoms with Gasteiger partial charge in [0.05, 0.1) is 11.2 Å². The van der Waals surface area contributed by atoms with Gasteiger partial charge in [0.1, 0.15) is 0 Å². The van der Waals surface area contributed by atoms with Crippen molar-refractivity contribution in [3.05, 3.63) is 217 Å². The standard InChI is InChI=1S/C54H40N2/c1-54(2)50-19-11-10-18-47(50)48-34-33-46(36-51(48)54)56(44-29-25-40(26-30-44)39-23-21-38(22-24-39)37-13-5-3-6-14-37)45-31-27-42(28-32-45)53-49(41-15-7-4-8-16-41)35-43-17-9-12-20-52(43)55-53/h3-36H,1-2H3. The molecule has 0 saturated carbocycles. The van der Waals surface area contributed by atoms with E-state index in [2.05, 4.69) is 225 Å². The Balaban J connectivity index is 1.06. The number of aromatic nitrogens is 1. The van der Waals surface area contributed by atoms with E-state index in [1.54, 1.807) is 0 Å². The number of hydrogen-bond acceptors (Lipinski definition) is 2. The molecule has 0 amide bonds. The molecule has 1 aromatic heterocycles. The fourth-order valence-electron chi connectivity index (χ4n) is 8.51. The van der Waals surface area contributed by atoms with E-state index in [4.69, 9.17) is 4.98 Å². The molecule has 2 nitrogen and oxygen atoms in total. The number of nitrogens with zero attached hydrogens (tertiary/aromatic N) is 2. The summed E-state index contributed by atoms with van der Waals surface area (Å²) >= 11 is 0. The van der Waals surface area contributed by atoms with E-state index in [0.29, 0.717) is 0 Å². The zero-order chi connectivity index (χ0) is 37.6. The second-order valence-electron chi connectivity index (χ2n) is 15.2. The molecule has 0 aliphatic heterocycles. The van der Waals surface area contributed by atoms with Crippen molar-refractivity contribution in [1.82, 2.24) is 4.98 Å². The van der Waals surface area contributed by atoms with Crippen molar-refractivity contribution in [3.8, 4) is 55.8 Å². The fourth-order valence-corrected chi connectivity index (χ4v) is 8.51. The molecule has 266 valence electrons. The predicted octanol–water partition coefficient (Wildman–Crippen LogP) is 14.7. The SMILES string of the molecule is CC1(C)c2ccccc2-c2ccc(N(c3ccc(-c4ccc(-c5ccccc5)cc4)cc3)c3ccc(-c4nc5ccccc5cc4-c4ccccc4)cc3)cc21. The maximum Gasteiger partial charge on any atom is 0.0788 e. The lowest BCUT2D eigenvalue weighted by Crippen LogP contribution is -2.16. The molecule has 8 aromatic carbocycles. The van der Waals surface area contributed by atoms with Crippen LogP contribution in [-0.4, -0.2) is 4.98 Å². The number of benzene rings is 8. The van der Waals surface area contributed by atoms with Gasteiger partial charge >= 0.3 is 0 Å². The smallest absolute Gasteiger partial charge is 0.0788 e. The van der Waals surface area contributed by atoms with Crippen LogP contribution in [0, 0.1) is 0 Å². The van der Waals surface area contributed by atoms with Crippen molar-refractivity contribution in [1.29, 1.82) is 0 Å². The van der Waals surface area contributed by atoms with Crippen molar-refractivity contribution in [2.45, 2.75) is 19.3 Å². The Morgan fingerprint density at radius 1 is 0.357 bits per heavy atom. The van der Waals surface area contributed by atoms with E-state index < -0.39 is 0 Å². The largest absolute Gasteiger partial charge is 0.310 e. The zero-order valence-electron chi connectivity index (χ0n) is 31.5. The quantitative estimate of drug-likeness (QED) is 0.163. The molecule has 0 fully saturated rings. The third-order valence-corrected chi connectivity index (χ3v) is 11.5. The summed E-state index contributed by atoms with van der Waals surface area (Å²) in [6.07, 6.45) is 0. The molecule has 0 N–H and O–H groups in total. The summed E-state index contributed by atoms with van der Waals surface area (Å²) in [5.74, 6) is 0. The van der Waals surface area contributed by atoms with Gasteiger partial charge in [-0.25, -0.2) is 4.98 Å². The summed E-state index contributed by atoms with van der Waals surface area (Å²) in [6.45, 7) is 4.69. The van der Waals surface area contributed by atoms with Crippen LogP contribution in [0.15, 0.2) is 206 Å². The Kier molecular flexibility index (Phi) is 8.19. The van der Waals surface area contributed by atoms with Gasteiger partial charge in [0.15, 0.2) is 0 Å². The van der Waals surface area contributed by atoms with Gasteiger partial charge in [0, 0.05) is 39.0 Å². The van der Waals surface area contributed by atoms with Gasteiger partial charge in [-0.2, -0.15) is 0 Å². The first-order chi connectivity index (χ1) is 27.5. The maximum atomic E-state index is 5.24. The van der Waals surface area contributed by atoms with E-state index in [1.807, 2.05) is 0 Å². The Hall–Kier alpha value is -7.03. The minimum absolute atomic E-state index is 0.108. The summed E-state index contributed by atoms with van der Waals surface area (Å²) in [4.78, 5) is 7.62. The third kappa shape index (κ3) is 5.88. The molecule has 0 spiro atoms. The Morgan fingerprint density at radius 3 is 1.50 bits per heavy atom. The third-order valence-electron chi connectivity index (χ3n) is 11.5. The van der Waals surface area contributed by atoms with Crippen molar-refractivity contribution in [3.63, 3.8) is 0 Å². The Morgan fingerprint density at radius 2 is 0.839 bits per heavy atom. The number of fused-ring (bicyclic) bond motifs is 4. The van der Waals surface area contributed by atoms with Gasteiger partial charge in [-0.3, -0.25) is 0 Å². The topological polar surface area (TPSA) is 16.1 Å². The average molecular weight is 717 g/mol. The highest BCUT2D eigenvalue weighted by Crippen LogP contribution is 2.50. The molecule has 0 bridgehead atoms. The number of anilines is 3. The molecule has 0 radical (unpaired) electrons. The molecular formula is C54H40N2. The Labute approximate surface area is 329 Å². The fraction of sp³-hybridized carbons (Fsp3) is 0.0556.